The third-order valence-electron chi connectivity index (χ3n) is 4.37. The molecule has 0 aliphatic rings. The van der Waals surface area contributed by atoms with Gasteiger partial charge in [-0.05, 0) is 37.6 Å². The van der Waals surface area contributed by atoms with Crippen molar-refractivity contribution in [3.63, 3.8) is 0 Å². The van der Waals surface area contributed by atoms with E-state index in [-0.39, 0.29) is 16.4 Å². The number of aryl methyl sites for hydroxylation is 2. The lowest BCUT2D eigenvalue weighted by atomic mass is 10.2. The molecule has 4 rings (SSSR count). The molecule has 0 aliphatic carbocycles. The van der Waals surface area contributed by atoms with Crippen LogP contribution in [0.5, 0.6) is 0 Å². The van der Waals surface area contributed by atoms with Crippen molar-refractivity contribution in [2.75, 3.05) is 16.5 Å². The van der Waals surface area contributed by atoms with Gasteiger partial charge in [0.15, 0.2) is 16.8 Å². The molecule has 30 heavy (non-hydrogen) atoms. The smallest absolute Gasteiger partial charge is 0.257 e. The predicted molar refractivity (Wildman–Crippen MR) is 119 cm³/mol. The van der Waals surface area contributed by atoms with E-state index in [9.17, 15) is 8.42 Å². The number of nitrogens with one attached hydrogen (secondary N) is 3. The summed E-state index contributed by atoms with van der Waals surface area (Å²) >= 11 is 1.47. The van der Waals surface area contributed by atoms with Crippen LogP contribution >= 0.6 is 11.3 Å². The molecule has 11 heteroatoms. The Balaban J connectivity index is 1.54. The molecule has 0 saturated heterocycles. The van der Waals surface area contributed by atoms with Gasteiger partial charge in [-0.25, -0.2) is 23.4 Å². The largest absolute Gasteiger partial charge is 0.393 e. The number of rotatable bonds is 6. The number of fused-ring (bicyclic) bond motifs is 1. The highest BCUT2D eigenvalue weighted by molar-refractivity contribution is 7.89. The molecule has 0 aliphatic heterocycles. The van der Waals surface area contributed by atoms with Crippen LogP contribution in [-0.4, -0.2) is 23.4 Å². The Bertz CT molecular complexity index is 1320. The van der Waals surface area contributed by atoms with Crippen molar-refractivity contribution in [3.05, 3.63) is 59.9 Å². The maximum Gasteiger partial charge on any atom is 0.257 e. The monoisotopic (exact) mass is 441 g/mol. The van der Waals surface area contributed by atoms with Crippen molar-refractivity contribution in [1.82, 2.24) is 19.8 Å². The highest BCUT2D eigenvalue weighted by Gasteiger charge is 2.16. The van der Waals surface area contributed by atoms with E-state index in [1.54, 1.807) is 12.1 Å². The van der Waals surface area contributed by atoms with E-state index in [4.69, 9.17) is 5.73 Å². The maximum atomic E-state index is 12.5. The molecule has 0 fully saturated rings. The fraction of sp³-hybridized carbons (Fsp3) is 0.105. The average molecular weight is 442 g/mol. The molecule has 0 amide bonds. The topological polar surface area (TPSA) is 135 Å². The van der Waals surface area contributed by atoms with E-state index in [0.29, 0.717) is 10.9 Å². The van der Waals surface area contributed by atoms with Gasteiger partial charge in [-0.3, -0.25) is 5.43 Å². The summed E-state index contributed by atoms with van der Waals surface area (Å²) in [7, 11) is -3.79. The van der Waals surface area contributed by atoms with Crippen LogP contribution in [0.1, 0.15) is 11.1 Å². The highest BCUT2D eigenvalue weighted by atomic mass is 32.2. The van der Waals surface area contributed by atoms with E-state index >= 15 is 0 Å². The first kappa shape index (κ1) is 20.0. The minimum absolute atomic E-state index is 0.122. The van der Waals surface area contributed by atoms with Crippen LogP contribution in [0, 0.1) is 13.8 Å². The van der Waals surface area contributed by atoms with Gasteiger partial charge in [0.25, 0.3) is 10.0 Å². The lowest BCUT2D eigenvalue weighted by Crippen LogP contribution is -2.30. The average Bonchev–Trinajstić information content (AvgIpc) is 3.13. The van der Waals surface area contributed by atoms with E-state index in [1.807, 2.05) is 32.0 Å². The SMILES string of the molecule is Cc1ccc(S(=O)(=O)NNc2ncnc(Nc3nc4c(C)cccc4s3)c2N)cc1. The molecule has 2 aromatic carbocycles. The Labute approximate surface area is 177 Å². The number of anilines is 4. The first-order valence-electron chi connectivity index (χ1n) is 8.91. The van der Waals surface area contributed by atoms with Gasteiger partial charge in [0.05, 0.1) is 15.1 Å². The Morgan fingerprint density at radius 1 is 1.00 bits per heavy atom. The summed E-state index contributed by atoms with van der Waals surface area (Å²) in [6, 6.07) is 12.4. The van der Waals surface area contributed by atoms with Crippen LogP contribution in [0.2, 0.25) is 0 Å². The molecule has 0 spiro atoms. The van der Waals surface area contributed by atoms with Crippen LogP contribution in [0.4, 0.5) is 22.5 Å². The van der Waals surface area contributed by atoms with E-state index < -0.39 is 10.0 Å². The summed E-state index contributed by atoms with van der Waals surface area (Å²) in [6.07, 6.45) is 1.28. The molecule has 0 unspecified atom stereocenters. The first-order chi connectivity index (χ1) is 14.3. The molecule has 0 bridgehead atoms. The molecular formula is C19H19N7O2S2. The summed E-state index contributed by atoms with van der Waals surface area (Å²) in [5.74, 6) is 0.444. The lowest BCUT2D eigenvalue weighted by molar-refractivity contribution is 0.587. The van der Waals surface area contributed by atoms with Gasteiger partial charge in [0.1, 0.15) is 12.0 Å². The Morgan fingerprint density at radius 2 is 1.73 bits per heavy atom. The third kappa shape index (κ3) is 4.03. The molecule has 2 aromatic heterocycles. The van der Waals surface area contributed by atoms with Crippen LogP contribution < -0.4 is 21.3 Å². The number of nitrogen functional groups attached to an aromatic ring is 1. The van der Waals surface area contributed by atoms with Crippen molar-refractivity contribution in [2.45, 2.75) is 18.7 Å². The summed E-state index contributed by atoms with van der Waals surface area (Å²) < 4.78 is 25.9. The molecule has 0 radical (unpaired) electrons. The lowest BCUT2D eigenvalue weighted by Gasteiger charge is -2.12. The number of sulfonamides is 1. The Morgan fingerprint density at radius 3 is 2.47 bits per heavy atom. The molecule has 9 nitrogen and oxygen atoms in total. The number of para-hydroxylation sites is 1. The third-order valence-corrected chi connectivity index (χ3v) is 6.56. The quantitative estimate of drug-likeness (QED) is 0.335. The fourth-order valence-corrected chi connectivity index (χ4v) is 4.51. The standard InChI is InChI=1S/C19H19N7O2S2/c1-11-6-8-13(9-7-11)30(27,28)26-25-18-15(20)17(21-10-22-18)24-19-23-16-12(2)4-3-5-14(16)29-19/h3-10,26H,20H2,1-2H3,(H2,21,22,23,24,25). The van der Waals surface area contributed by atoms with Crippen LogP contribution in [0.25, 0.3) is 10.2 Å². The van der Waals surface area contributed by atoms with E-state index in [1.165, 1.54) is 29.8 Å². The van der Waals surface area contributed by atoms with Gasteiger partial charge in [-0.2, -0.15) is 0 Å². The Hall–Kier alpha value is -3.28. The molecule has 154 valence electrons. The van der Waals surface area contributed by atoms with Crippen LogP contribution in [-0.2, 0) is 10.0 Å². The zero-order valence-corrected chi connectivity index (χ0v) is 17.8. The number of hydrogen-bond acceptors (Lipinski definition) is 9. The fourth-order valence-electron chi connectivity index (χ4n) is 2.73. The number of hydrazine groups is 1. The molecule has 2 heterocycles. The Kier molecular flexibility index (Phi) is 5.24. The van der Waals surface area contributed by atoms with Gasteiger partial charge >= 0.3 is 0 Å². The van der Waals surface area contributed by atoms with Gasteiger partial charge in [0.2, 0.25) is 0 Å². The maximum absolute atomic E-state index is 12.5. The van der Waals surface area contributed by atoms with Crippen LogP contribution in [0.15, 0.2) is 53.7 Å². The number of thiazole rings is 1. The normalized spacial score (nSPS) is 11.5. The van der Waals surface area contributed by atoms with Gasteiger partial charge in [-0.1, -0.05) is 41.2 Å². The predicted octanol–water partition coefficient (Wildman–Crippen LogP) is 3.33. The molecule has 0 atom stereocenters. The summed E-state index contributed by atoms with van der Waals surface area (Å²) in [4.78, 5) is 15.1. The number of nitrogens with zero attached hydrogens (tertiary/aromatic N) is 3. The molecule has 5 N–H and O–H groups in total. The minimum atomic E-state index is -3.79. The minimum Gasteiger partial charge on any atom is -0.393 e. The number of nitrogens with two attached hydrogens (primary N) is 1. The molecular weight excluding hydrogens is 422 g/mol. The second kappa shape index (κ2) is 7.86. The van der Waals surface area contributed by atoms with Crippen molar-refractivity contribution in [2.24, 2.45) is 0 Å². The van der Waals surface area contributed by atoms with E-state index in [0.717, 1.165) is 21.3 Å². The molecule has 4 aromatic rings. The summed E-state index contributed by atoms with van der Waals surface area (Å²) in [5, 5.41) is 3.70. The first-order valence-corrected chi connectivity index (χ1v) is 11.2. The number of hydrogen-bond donors (Lipinski definition) is 4. The van der Waals surface area contributed by atoms with E-state index in [2.05, 4.69) is 30.5 Å². The summed E-state index contributed by atoms with van der Waals surface area (Å²) in [6.45, 7) is 3.87. The second-order valence-corrected chi connectivity index (χ2v) is 9.31. The van der Waals surface area contributed by atoms with Gasteiger partial charge in [-0.15, -0.1) is 4.83 Å². The number of benzene rings is 2. The summed E-state index contributed by atoms with van der Waals surface area (Å²) in [5.41, 5.74) is 11.8. The van der Waals surface area contributed by atoms with Crippen molar-refractivity contribution >= 4 is 54.0 Å². The van der Waals surface area contributed by atoms with Gasteiger partial charge in [0, 0.05) is 0 Å². The van der Waals surface area contributed by atoms with Crippen LogP contribution in [0.3, 0.4) is 0 Å². The highest BCUT2D eigenvalue weighted by Crippen LogP contribution is 2.32. The zero-order valence-electron chi connectivity index (χ0n) is 16.2. The second-order valence-electron chi connectivity index (χ2n) is 6.59. The van der Waals surface area contributed by atoms with Crippen molar-refractivity contribution in [3.8, 4) is 0 Å². The van der Waals surface area contributed by atoms with Gasteiger partial charge < -0.3 is 11.1 Å². The van der Waals surface area contributed by atoms with Crippen molar-refractivity contribution in [1.29, 1.82) is 0 Å². The number of aromatic nitrogens is 3. The van der Waals surface area contributed by atoms with Crippen molar-refractivity contribution < 1.29 is 8.42 Å². The molecule has 0 saturated carbocycles. The zero-order chi connectivity index (χ0) is 21.3.